The number of benzene rings is 2. The third-order valence-electron chi connectivity index (χ3n) is 4.64. The lowest BCUT2D eigenvalue weighted by Crippen LogP contribution is -2.08. The van der Waals surface area contributed by atoms with Crippen LogP contribution in [-0.4, -0.2) is 10.1 Å². The van der Waals surface area contributed by atoms with Crippen LogP contribution < -0.4 is 11.3 Å². The van der Waals surface area contributed by atoms with Crippen molar-refractivity contribution < 1.29 is 5.11 Å². The number of phenolic OH excluding ortho intramolecular Hbond substituents is 1. The second-order valence-electron chi connectivity index (χ2n) is 6.14. The number of H-pyrrole nitrogens is 1. The fraction of sp³-hybridized carbons (Fsp3) is 0.150. The van der Waals surface area contributed by atoms with Crippen molar-refractivity contribution in [3.05, 3.63) is 63.8 Å². The Bertz CT molecular complexity index is 1130. The van der Waals surface area contributed by atoms with Gasteiger partial charge in [0.25, 0.3) is 5.56 Å². The Morgan fingerprint density at radius 2 is 1.88 bits per heavy atom. The number of aromatic hydroxyl groups is 1. The lowest BCUT2D eigenvalue weighted by molar-refractivity contribution is 0.478. The van der Waals surface area contributed by atoms with E-state index in [1.807, 2.05) is 35.7 Å². The summed E-state index contributed by atoms with van der Waals surface area (Å²) in [6, 6.07) is 13.3. The molecule has 0 saturated carbocycles. The Kier molecular flexibility index (Phi) is 5.05. The predicted octanol–water partition coefficient (Wildman–Crippen LogP) is 4.95. The van der Waals surface area contributed by atoms with Gasteiger partial charge in [0.1, 0.15) is 10.4 Å². The Labute approximate surface area is 160 Å². The van der Waals surface area contributed by atoms with Crippen molar-refractivity contribution in [3.63, 3.8) is 0 Å². The summed E-state index contributed by atoms with van der Waals surface area (Å²) in [6.45, 7) is 2.05. The number of hydrogen-bond donors (Lipinski definition) is 3. The molecule has 4 aromatic rings. The second-order valence-corrected chi connectivity index (χ2v) is 7.05. The molecule has 2 aromatic carbocycles. The monoisotopic (exact) mass is 386 g/mol. The van der Waals surface area contributed by atoms with Crippen LogP contribution in [0.4, 0.5) is 0 Å². The first-order chi connectivity index (χ1) is 12.1. The molecule has 26 heavy (non-hydrogen) atoms. The molecular formula is C20H19ClN2O2S. The molecule has 0 spiro atoms. The van der Waals surface area contributed by atoms with Gasteiger partial charge in [-0.25, -0.2) is 0 Å². The van der Waals surface area contributed by atoms with Crippen molar-refractivity contribution in [3.8, 4) is 16.9 Å². The van der Waals surface area contributed by atoms with E-state index in [4.69, 9.17) is 5.73 Å². The number of aromatic amines is 1. The maximum atomic E-state index is 12.2. The van der Waals surface area contributed by atoms with E-state index < -0.39 is 0 Å². The fourth-order valence-corrected chi connectivity index (χ4v) is 4.06. The Morgan fingerprint density at radius 1 is 1.15 bits per heavy atom. The first-order valence-electron chi connectivity index (χ1n) is 8.21. The topological polar surface area (TPSA) is 79.1 Å². The molecule has 4 N–H and O–H groups in total. The lowest BCUT2D eigenvalue weighted by atomic mass is 9.95. The molecule has 0 aliphatic heterocycles. The van der Waals surface area contributed by atoms with E-state index in [9.17, 15) is 9.90 Å². The minimum Gasteiger partial charge on any atom is -0.507 e. The molecule has 4 rings (SSSR count). The Morgan fingerprint density at radius 3 is 2.58 bits per heavy atom. The maximum absolute atomic E-state index is 12.2. The predicted molar refractivity (Wildman–Crippen MR) is 112 cm³/mol. The van der Waals surface area contributed by atoms with Crippen LogP contribution in [0.3, 0.4) is 0 Å². The Hall–Kier alpha value is -2.34. The molecule has 4 nitrogen and oxygen atoms in total. The fourth-order valence-electron chi connectivity index (χ4n) is 3.26. The minimum absolute atomic E-state index is 0. The minimum atomic E-state index is -0.0987. The van der Waals surface area contributed by atoms with Gasteiger partial charge in [0.05, 0.1) is 0 Å². The van der Waals surface area contributed by atoms with Crippen LogP contribution in [0.2, 0.25) is 0 Å². The molecule has 0 aliphatic rings. The molecule has 6 heteroatoms. The average Bonchev–Trinajstić information content (AvgIpc) is 3.12. The zero-order valence-corrected chi connectivity index (χ0v) is 15.8. The second kappa shape index (κ2) is 7.11. The highest BCUT2D eigenvalue weighted by Gasteiger charge is 2.15. The van der Waals surface area contributed by atoms with E-state index in [0.29, 0.717) is 4.70 Å². The normalized spacial score (nSPS) is 12.2. The highest BCUT2D eigenvalue weighted by molar-refractivity contribution is 7.17. The Balaban J connectivity index is 0.00000196. The van der Waals surface area contributed by atoms with E-state index in [1.165, 1.54) is 11.3 Å². The SMILES string of the molecule is CC[C@H](N)c1ccc(-c2c(O)ccc3[nH]c(=O)c4sccc4c23)cc1.Cl. The zero-order valence-electron chi connectivity index (χ0n) is 14.2. The first-order valence-corrected chi connectivity index (χ1v) is 9.09. The van der Waals surface area contributed by atoms with Crippen molar-refractivity contribution >= 4 is 44.7 Å². The average molecular weight is 387 g/mol. The standard InChI is InChI=1S/C20H18N2O2S.ClH/c1-2-14(21)11-3-5-12(6-4-11)17-16(23)8-7-15-18(17)13-9-10-25-19(13)20(24)22-15;/h3-10,14,23H,2,21H2,1H3,(H,22,24);1H/t14-;/m0./s1. The first kappa shape index (κ1) is 18.5. The van der Waals surface area contributed by atoms with E-state index in [0.717, 1.165) is 39.4 Å². The van der Waals surface area contributed by atoms with E-state index in [1.54, 1.807) is 12.1 Å². The summed E-state index contributed by atoms with van der Waals surface area (Å²) in [5.74, 6) is 0.194. The molecule has 0 saturated heterocycles. The quantitative estimate of drug-likeness (QED) is 0.466. The molecular weight excluding hydrogens is 368 g/mol. The smallest absolute Gasteiger partial charge is 0.266 e. The van der Waals surface area contributed by atoms with Gasteiger partial charge in [-0.3, -0.25) is 4.79 Å². The molecule has 0 aliphatic carbocycles. The van der Waals surface area contributed by atoms with E-state index in [2.05, 4.69) is 11.9 Å². The molecule has 0 fully saturated rings. The van der Waals surface area contributed by atoms with Crippen LogP contribution in [0.15, 0.2) is 52.6 Å². The van der Waals surface area contributed by atoms with Gasteiger partial charge >= 0.3 is 0 Å². The van der Waals surface area contributed by atoms with E-state index >= 15 is 0 Å². The van der Waals surface area contributed by atoms with Gasteiger partial charge in [0, 0.05) is 27.9 Å². The van der Waals surface area contributed by atoms with Gasteiger partial charge in [-0.05, 0) is 41.1 Å². The van der Waals surface area contributed by atoms with Crippen molar-refractivity contribution in [2.75, 3.05) is 0 Å². The number of nitrogens with two attached hydrogens (primary N) is 1. The molecule has 0 unspecified atom stereocenters. The van der Waals surface area contributed by atoms with Gasteiger partial charge in [-0.1, -0.05) is 31.2 Å². The number of aromatic nitrogens is 1. The third-order valence-corrected chi connectivity index (χ3v) is 5.55. The lowest BCUT2D eigenvalue weighted by Gasteiger charge is -2.13. The summed E-state index contributed by atoms with van der Waals surface area (Å²) in [6.07, 6.45) is 0.871. The zero-order chi connectivity index (χ0) is 17.6. The van der Waals surface area contributed by atoms with Crippen LogP contribution in [0.1, 0.15) is 24.9 Å². The molecule has 134 valence electrons. The summed E-state index contributed by atoms with van der Waals surface area (Å²) in [7, 11) is 0. The summed E-state index contributed by atoms with van der Waals surface area (Å²) < 4.78 is 0.670. The number of rotatable bonds is 3. The summed E-state index contributed by atoms with van der Waals surface area (Å²) in [5.41, 5.74) is 9.41. The van der Waals surface area contributed by atoms with Crippen molar-refractivity contribution in [2.24, 2.45) is 5.73 Å². The largest absolute Gasteiger partial charge is 0.507 e. The van der Waals surface area contributed by atoms with Crippen LogP contribution >= 0.6 is 23.7 Å². The molecule has 0 amide bonds. The third kappa shape index (κ3) is 2.88. The van der Waals surface area contributed by atoms with Gasteiger partial charge in [-0.15, -0.1) is 23.7 Å². The number of thiophene rings is 1. The molecule has 2 aromatic heterocycles. The maximum Gasteiger partial charge on any atom is 0.266 e. The number of phenols is 1. The van der Waals surface area contributed by atoms with Gasteiger partial charge < -0.3 is 15.8 Å². The molecule has 2 heterocycles. The molecule has 0 radical (unpaired) electrons. The number of halogens is 1. The van der Waals surface area contributed by atoms with E-state index in [-0.39, 0.29) is 29.8 Å². The number of fused-ring (bicyclic) bond motifs is 3. The van der Waals surface area contributed by atoms with Crippen molar-refractivity contribution in [1.82, 2.24) is 4.98 Å². The van der Waals surface area contributed by atoms with Crippen LogP contribution in [0.25, 0.3) is 32.1 Å². The molecule has 1 atom stereocenters. The van der Waals surface area contributed by atoms with Crippen LogP contribution in [-0.2, 0) is 0 Å². The number of nitrogens with one attached hydrogen (secondary N) is 1. The highest BCUT2D eigenvalue weighted by Crippen LogP contribution is 2.39. The summed E-state index contributed by atoms with van der Waals surface area (Å²) in [4.78, 5) is 15.1. The van der Waals surface area contributed by atoms with Gasteiger partial charge in [-0.2, -0.15) is 0 Å². The number of hydrogen-bond acceptors (Lipinski definition) is 4. The summed E-state index contributed by atoms with van der Waals surface area (Å²) in [5, 5.41) is 14.2. The highest BCUT2D eigenvalue weighted by atomic mass is 35.5. The van der Waals surface area contributed by atoms with Crippen molar-refractivity contribution in [1.29, 1.82) is 0 Å². The number of pyridine rings is 1. The summed E-state index contributed by atoms with van der Waals surface area (Å²) >= 11 is 1.41. The van der Waals surface area contributed by atoms with Crippen LogP contribution in [0.5, 0.6) is 5.75 Å². The molecule has 0 bridgehead atoms. The van der Waals surface area contributed by atoms with Crippen LogP contribution in [0, 0.1) is 0 Å². The van der Waals surface area contributed by atoms with Gasteiger partial charge in [0.15, 0.2) is 0 Å². The van der Waals surface area contributed by atoms with Crippen molar-refractivity contribution in [2.45, 2.75) is 19.4 Å². The van der Waals surface area contributed by atoms with Gasteiger partial charge in [0.2, 0.25) is 0 Å².